The van der Waals surface area contributed by atoms with Crippen LogP contribution in [0.2, 0.25) is 0 Å². The van der Waals surface area contributed by atoms with E-state index in [9.17, 15) is 0 Å². The van der Waals surface area contributed by atoms with Crippen molar-refractivity contribution < 1.29 is 0 Å². The van der Waals surface area contributed by atoms with Crippen LogP contribution in [0.5, 0.6) is 0 Å². The van der Waals surface area contributed by atoms with Gasteiger partial charge in [-0.15, -0.1) is 0 Å². The summed E-state index contributed by atoms with van der Waals surface area (Å²) in [6.45, 7) is 15.0. The highest BCUT2D eigenvalue weighted by Crippen LogP contribution is 2.35. The molecule has 172 valence electrons. The summed E-state index contributed by atoms with van der Waals surface area (Å²) in [6, 6.07) is 17.1. The van der Waals surface area contributed by atoms with E-state index in [0.717, 1.165) is 29.7 Å². The molecule has 2 aromatic carbocycles. The zero-order valence-corrected chi connectivity index (χ0v) is 20.9. The number of allylic oxidation sites excluding steroid dienone is 10. The fourth-order valence-electron chi connectivity index (χ4n) is 3.42. The van der Waals surface area contributed by atoms with Crippen LogP contribution < -0.4 is 5.73 Å². The van der Waals surface area contributed by atoms with Crippen LogP contribution in [0.25, 0.3) is 16.8 Å². The summed E-state index contributed by atoms with van der Waals surface area (Å²) in [7, 11) is 0. The maximum absolute atomic E-state index is 6.54. The second-order valence-corrected chi connectivity index (χ2v) is 9.03. The molecular formula is C32H39N. The minimum absolute atomic E-state index is 0.0266. The summed E-state index contributed by atoms with van der Waals surface area (Å²) in [5.74, 6) is 0. The van der Waals surface area contributed by atoms with E-state index in [1.807, 2.05) is 43.4 Å². The average Bonchev–Trinajstić information content (AvgIpc) is 2.83. The summed E-state index contributed by atoms with van der Waals surface area (Å²) >= 11 is 0. The molecule has 0 saturated carbocycles. The fourth-order valence-corrected chi connectivity index (χ4v) is 3.42. The van der Waals surface area contributed by atoms with Crippen molar-refractivity contribution in [2.24, 2.45) is 5.73 Å². The maximum atomic E-state index is 6.54. The molecule has 0 bridgehead atoms. The lowest BCUT2D eigenvalue weighted by molar-refractivity contribution is 0.505. The van der Waals surface area contributed by atoms with E-state index in [-0.39, 0.29) is 5.41 Å². The molecular weight excluding hydrogens is 398 g/mol. The summed E-state index contributed by atoms with van der Waals surface area (Å²) in [6.07, 6.45) is 18.3. The molecule has 1 nitrogen and oxygen atoms in total. The van der Waals surface area contributed by atoms with Crippen molar-refractivity contribution in [2.75, 3.05) is 0 Å². The van der Waals surface area contributed by atoms with Crippen molar-refractivity contribution in [2.45, 2.75) is 52.9 Å². The van der Waals surface area contributed by atoms with Gasteiger partial charge in [0.05, 0.1) is 0 Å². The largest absolute Gasteiger partial charge is 0.398 e. The smallest absolute Gasteiger partial charge is 0.0390 e. The molecule has 0 radical (unpaired) electrons. The third-order valence-corrected chi connectivity index (χ3v) is 6.10. The summed E-state index contributed by atoms with van der Waals surface area (Å²) in [5, 5.41) is 0. The van der Waals surface area contributed by atoms with Crippen molar-refractivity contribution in [3.05, 3.63) is 126 Å². The molecule has 0 fully saturated rings. The number of benzene rings is 2. The van der Waals surface area contributed by atoms with Crippen molar-refractivity contribution in [3.8, 4) is 11.1 Å². The molecule has 0 unspecified atom stereocenters. The molecule has 33 heavy (non-hydrogen) atoms. The topological polar surface area (TPSA) is 26.0 Å². The van der Waals surface area contributed by atoms with E-state index in [4.69, 9.17) is 5.73 Å². The van der Waals surface area contributed by atoms with Gasteiger partial charge in [0.1, 0.15) is 0 Å². The van der Waals surface area contributed by atoms with Gasteiger partial charge in [0, 0.05) is 11.3 Å². The molecule has 0 aliphatic rings. The standard InChI is InChI=1S/C32H39N/c1-7-25(3)17-15-18-26(4)16-11-9-14-21-31(33)29-23-22-28(27-19-12-10-13-20-27)24-30(29)32(5,6)8-2/h7,9-17,19-24H,4,8,18,33H2,1-3,5-6H3/b14-9-,16-11+,17-15-,25-7-,31-21-. The predicted octanol–water partition coefficient (Wildman–Crippen LogP) is 8.92. The summed E-state index contributed by atoms with van der Waals surface area (Å²) < 4.78 is 0. The molecule has 0 amide bonds. The van der Waals surface area contributed by atoms with Crippen LogP contribution >= 0.6 is 0 Å². The maximum Gasteiger partial charge on any atom is 0.0390 e. The van der Waals surface area contributed by atoms with E-state index in [1.54, 1.807) is 0 Å². The normalized spacial score (nSPS) is 13.5. The van der Waals surface area contributed by atoms with E-state index in [2.05, 4.69) is 95.0 Å². The van der Waals surface area contributed by atoms with E-state index < -0.39 is 0 Å². The van der Waals surface area contributed by atoms with Crippen molar-refractivity contribution in [1.29, 1.82) is 0 Å². The van der Waals surface area contributed by atoms with Crippen molar-refractivity contribution in [3.63, 3.8) is 0 Å². The molecule has 0 aliphatic heterocycles. The van der Waals surface area contributed by atoms with Crippen molar-refractivity contribution in [1.82, 2.24) is 0 Å². The third-order valence-electron chi connectivity index (χ3n) is 6.10. The molecule has 2 aromatic rings. The number of rotatable bonds is 10. The molecule has 0 saturated heterocycles. The molecule has 0 aliphatic carbocycles. The molecule has 0 heterocycles. The van der Waals surface area contributed by atoms with Gasteiger partial charge in [0.15, 0.2) is 0 Å². The fraction of sp³-hybridized carbons (Fsp3) is 0.250. The highest BCUT2D eigenvalue weighted by molar-refractivity contribution is 5.73. The molecule has 0 atom stereocenters. The van der Waals surface area contributed by atoms with Crippen LogP contribution in [-0.4, -0.2) is 0 Å². The Hall–Kier alpha value is -3.32. The van der Waals surface area contributed by atoms with Gasteiger partial charge in [-0.2, -0.15) is 0 Å². The van der Waals surface area contributed by atoms with Gasteiger partial charge in [-0.05, 0) is 60.9 Å². The first-order valence-electron chi connectivity index (χ1n) is 11.8. The lowest BCUT2D eigenvalue weighted by Gasteiger charge is -2.27. The molecule has 0 aromatic heterocycles. The Balaban J connectivity index is 2.19. The highest BCUT2D eigenvalue weighted by atomic mass is 14.6. The third kappa shape index (κ3) is 7.95. The second kappa shape index (κ2) is 12.6. The van der Waals surface area contributed by atoms with Crippen LogP contribution in [0.3, 0.4) is 0 Å². The summed E-state index contributed by atoms with van der Waals surface area (Å²) in [5.41, 5.74) is 14.5. The van der Waals surface area contributed by atoms with E-state index in [1.165, 1.54) is 22.3 Å². The van der Waals surface area contributed by atoms with E-state index in [0.29, 0.717) is 0 Å². The molecule has 1 heteroatoms. The Bertz CT molecular complexity index is 1070. The predicted molar refractivity (Wildman–Crippen MR) is 148 cm³/mol. The van der Waals surface area contributed by atoms with Crippen LogP contribution in [-0.2, 0) is 5.41 Å². The first-order chi connectivity index (χ1) is 15.8. The van der Waals surface area contributed by atoms with Gasteiger partial charge in [-0.1, -0.05) is 123 Å². The van der Waals surface area contributed by atoms with Crippen LogP contribution in [0.4, 0.5) is 0 Å². The average molecular weight is 438 g/mol. The zero-order valence-electron chi connectivity index (χ0n) is 20.9. The SMILES string of the molecule is C=C(/C=C/C=C\C=C(/N)c1ccc(-c2ccccc2)cc1C(C)(C)CC)C/C=C\C(C)=C/C. The second-order valence-electron chi connectivity index (χ2n) is 9.03. The van der Waals surface area contributed by atoms with Gasteiger partial charge >= 0.3 is 0 Å². The van der Waals surface area contributed by atoms with Gasteiger partial charge in [0.2, 0.25) is 0 Å². The van der Waals surface area contributed by atoms with Crippen LogP contribution in [0.1, 0.15) is 58.6 Å². The Labute approximate surface area is 201 Å². The number of hydrogen-bond donors (Lipinski definition) is 1. The van der Waals surface area contributed by atoms with E-state index >= 15 is 0 Å². The summed E-state index contributed by atoms with van der Waals surface area (Å²) in [4.78, 5) is 0. The lowest BCUT2D eigenvalue weighted by atomic mass is 9.78. The monoisotopic (exact) mass is 437 g/mol. The molecule has 0 spiro atoms. The first-order valence-corrected chi connectivity index (χ1v) is 11.8. The minimum Gasteiger partial charge on any atom is -0.398 e. The quantitative estimate of drug-likeness (QED) is 0.369. The Morgan fingerprint density at radius 2 is 1.70 bits per heavy atom. The number of nitrogens with two attached hydrogens (primary N) is 1. The molecule has 2 rings (SSSR count). The van der Waals surface area contributed by atoms with Gasteiger partial charge in [-0.25, -0.2) is 0 Å². The Morgan fingerprint density at radius 3 is 2.36 bits per heavy atom. The number of hydrogen-bond acceptors (Lipinski definition) is 1. The highest BCUT2D eigenvalue weighted by Gasteiger charge is 2.23. The van der Waals surface area contributed by atoms with Gasteiger partial charge in [0.25, 0.3) is 0 Å². The van der Waals surface area contributed by atoms with Crippen LogP contribution in [0, 0.1) is 0 Å². The zero-order chi connectivity index (χ0) is 24.3. The molecule has 2 N–H and O–H groups in total. The Kier molecular flexibility index (Phi) is 9.94. The van der Waals surface area contributed by atoms with Crippen LogP contribution in [0.15, 0.2) is 115 Å². The Morgan fingerprint density at radius 1 is 0.970 bits per heavy atom. The van der Waals surface area contributed by atoms with Gasteiger partial charge in [-0.3, -0.25) is 0 Å². The van der Waals surface area contributed by atoms with Gasteiger partial charge < -0.3 is 5.73 Å². The first kappa shape index (κ1) is 25.9. The van der Waals surface area contributed by atoms with Crippen molar-refractivity contribution >= 4 is 5.70 Å². The minimum atomic E-state index is 0.0266. The lowest BCUT2D eigenvalue weighted by Crippen LogP contribution is -2.19.